The molecule has 0 fully saturated rings. The number of rotatable bonds is 0. The highest BCUT2D eigenvalue weighted by molar-refractivity contribution is 5.88. The molecule has 0 aliphatic carbocycles. The van der Waals surface area contributed by atoms with Crippen molar-refractivity contribution in [2.45, 2.75) is 0 Å². The fourth-order valence-electron chi connectivity index (χ4n) is 1.45. The Kier molecular flexibility index (Phi) is 1.44. The minimum Gasteiger partial charge on any atom is -0.237 e. The van der Waals surface area contributed by atoms with Crippen molar-refractivity contribution in [2.24, 2.45) is 0 Å². The van der Waals surface area contributed by atoms with Gasteiger partial charge in [0.1, 0.15) is 0 Å². The number of nitrogens with zero attached hydrogens (tertiary/aromatic N) is 3. The Hall–Kier alpha value is -2.03. The van der Waals surface area contributed by atoms with Gasteiger partial charge >= 0.3 is 0 Å². The minimum atomic E-state index is 0.693. The largest absolute Gasteiger partial charge is 0.237 e. The van der Waals surface area contributed by atoms with E-state index in [1.807, 2.05) is 24.3 Å². The van der Waals surface area contributed by atoms with Gasteiger partial charge in [0, 0.05) is 17.0 Å². The van der Waals surface area contributed by atoms with E-state index in [9.17, 15) is 0 Å². The molecule has 0 unspecified atom stereocenters. The molecule has 0 bridgehead atoms. The van der Waals surface area contributed by atoms with E-state index in [1.165, 1.54) is 0 Å². The molecule has 3 heteroatoms. The third-order valence-electron chi connectivity index (χ3n) is 2.11. The summed E-state index contributed by atoms with van der Waals surface area (Å²) in [4.78, 5) is 12.5. The number of hydrogen-bond donors (Lipinski definition) is 0. The molecule has 3 rings (SSSR count). The summed E-state index contributed by atoms with van der Waals surface area (Å²) in [6, 6.07) is 9.66. The number of fused-ring (bicyclic) bond motifs is 2. The van der Waals surface area contributed by atoms with Gasteiger partial charge in [0.2, 0.25) is 0 Å². The van der Waals surface area contributed by atoms with E-state index in [-0.39, 0.29) is 0 Å². The summed E-state index contributed by atoms with van der Waals surface area (Å²) in [5.41, 5.74) is 1.42. The summed E-state index contributed by atoms with van der Waals surface area (Å²) >= 11 is 0. The van der Waals surface area contributed by atoms with Crippen LogP contribution in [0.1, 0.15) is 0 Å². The van der Waals surface area contributed by atoms with Gasteiger partial charge in [0.15, 0.2) is 11.3 Å². The summed E-state index contributed by atoms with van der Waals surface area (Å²) in [6.07, 6.45) is 4.49. The smallest absolute Gasteiger partial charge is 0.162 e. The maximum absolute atomic E-state index is 4.32. The first-order valence-electron chi connectivity index (χ1n) is 4.32. The summed E-state index contributed by atoms with van der Waals surface area (Å²) in [5, 5.41) is 2.05. The molecule has 14 heavy (non-hydrogen) atoms. The third-order valence-corrected chi connectivity index (χ3v) is 2.11. The Morgan fingerprint density at radius 2 is 2.00 bits per heavy atom. The van der Waals surface area contributed by atoms with E-state index in [0.717, 1.165) is 16.4 Å². The van der Waals surface area contributed by atoms with Crippen LogP contribution < -0.4 is 0 Å². The van der Waals surface area contributed by atoms with Crippen LogP contribution >= 0.6 is 0 Å². The monoisotopic (exact) mass is 180 g/mol. The quantitative estimate of drug-likeness (QED) is 0.496. The average molecular weight is 180 g/mol. The van der Waals surface area contributed by atoms with Crippen LogP contribution in [0.5, 0.6) is 0 Å². The van der Waals surface area contributed by atoms with Crippen LogP contribution in [0.2, 0.25) is 0 Å². The lowest BCUT2D eigenvalue weighted by molar-refractivity contribution is 1.26. The molecule has 1 radical (unpaired) electrons. The number of aromatic nitrogens is 3. The molecule has 3 aromatic heterocycles. The van der Waals surface area contributed by atoms with Crippen molar-refractivity contribution in [1.29, 1.82) is 0 Å². The first-order valence-corrected chi connectivity index (χ1v) is 4.32. The summed E-state index contributed by atoms with van der Waals surface area (Å²) in [5.74, 6) is 0. The van der Waals surface area contributed by atoms with Gasteiger partial charge in [-0.25, -0.2) is 15.0 Å². The predicted molar refractivity (Wildman–Crippen MR) is 53.7 cm³/mol. The second-order valence-electron chi connectivity index (χ2n) is 3.03. The van der Waals surface area contributed by atoms with Gasteiger partial charge in [-0.05, 0) is 30.3 Å². The predicted octanol–water partition coefficient (Wildman–Crippen LogP) is 1.98. The molecule has 3 nitrogen and oxygen atoms in total. The maximum Gasteiger partial charge on any atom is 0.162 e. The van der Waals surface area contributed by atoms with Crippen molar-refractivity contribution in [2.75, 3.05) is 0 Å². The van der Waals surface area contributed by atoms with E-state index in [0.29, 0.717) is 5.65 Å². The molecule has 0 atom stereocenters. The molecular weight excluding hydrogens is 174 g/mol. The Morgan fingerprint density at radius 1 is 1.07 bits per heavy atom. The molecule has 0 aliphatic rings. The molecule has 3 aromatic rings. The van der Waals surface area contributed by atoms with E-state index in [2.05, 4.69) is 21.1 Å². The molecule has 0 aromatic carbocycles. The lowest BCUT2D eigenvalue weighted by Gasteiger charge is -1.97. The Bertz CT molecular complexity index is 499. The molecule has 0 saturated heterocycles. The van der Waals surface area contributed by atoms with Crippen molar-refractivity contribution in [3.63, 3.8) is 0 Å². The zero-order chi connectivity index (χ0) is 9.38. The fraction of sp³-hybridized carbons (Fsp3) is 0. The standard InChI is InChI=1S/C11H6N3/c1-3-8-7-9-4-2-6-13-11(9)14-10(8)12-5-1/h1-5,7H. The summed E-state index contributed by atoms with van der Waals surface area (Å²) < 4.78 is 0. The number of hydrogen-bond acceptors (Lipinski definition) is 3. The average Bonchev–Trinajstić information content (AvgIpc) is 2.26. The van der Waals surface area contributed by atoms with Crippen LogP contribution in [0.4, 0.5) is 0 Å². The van der Waals surface area contributed by atoms with E-state index >= 15 is 0 Å². The van der Waals surface area contributed by atoms with Gasteiger partial charge in [-0.15, -0.1) is 0 Å². The third kappa shape index (κ3) is 1.03. The van der Waals surface area contributed by atoms with Crippen LogP contribution in [0.3, 0.4) is 0 Å². The van der Waals surface area contributed by atoms with Gasteiger partial charge in [-0.3, -0.25) is 0 Å². The van der Waals surface area contributed by atoms with Crippen LogP contribution in [0.25, 0.3) is 22.1 Å². The van der Waals surface area contributed by atoms with Crippen LogP contribution in [0, 0.1) is 6.20 Å². The highest BCUT2D eigenvalue weighted by Crippen LogP contribution is 2.15. The van der Waals surface area contributed by atoms with Gasteiger partial charge in [-0.1, -0.05) is 0 Å². The molecule has 0 saturated carbocycles. The molecular formula is C11H6N3. The molecule has 0 N–H and O–H groups in total. The summed E-state index contributed by atoms with van der Waals surface area (Å²) in [7, 11) is 0. The van der Waals surface area contributed by atoms with Gasteiger partial charge in [0.05, 0.1) is 6.20 Å². The van der Waals surface area contributed by atoms with Gasteiger partial charge in [0.25, 0.3) is 0 Å². The zero-order valence-corrected chi connectivity index (χ0v) is 7.31. The molecule has 0 aliphatic heterocycles. The number of pyridine rings is 3. The van der Waals surface area contributed by atoms with Crippen molar-refractivity contribution in [3.05, 3.63) is 42.7 Å². The molecule has 3 heterocycles. The van der Waals surface area contributed by atoms with Crippen LogP contribution in [-0.2, 0) is 0 Å². The highest BCUT2D eigenvalue weighted by Gasteiger charge is 1.99. The second kappa shape index (κ2) is 2.73. The molecule has 0 spiro atoms. The lowest BCUT2D eigenvalue weighted by atomic mass is 10.2. The summed E-state index contributed by atoms with van der Waals surface area (Å²) in [6.45, 7) is 0. The Morgan fingerprint density at radius 3 is 3.00 bits per heavy atom. The van der Waals surface area contributed by atoms with Crippen molar-refractivity contribution in [3.8, 4) is 0 Å². The minimum absolute atomic E-state index is 0.693. The molecule has 0 amide bonds. The zero-order valence-electron chi connectivity index (χ0n) is 7.31. The second-order valence-corrected chi connectivity index (χ2v) is 3.03. The highest BCUT2D eigenvalue weighted by atomic mass is 14.9. The van der Waals surface area contributed by atoms with Crippen LogP contribution in [0.15, 0.2) is 36.5 Å². The van der Waals surface area contributed by atoms with Crippen molar-refractivity contribution < 1.29 is 0 Å². The maximum atomic E-state index is 4.32. The fourth-order valence-corrected chi connectivity index (χ4v) is 1.45. The lowest BCUT2D eigenvalue weighted by Crippen LogP contribution is -1.87. The van der Waals surface area contributed by atoms with Gasteiger partial charge in [-0.2, -0.15) is 0 Å². The Balaban J connectivity index is 2.52. The normalized spacial score (nSPS) is 10.9. The van der Waals surface area contributed by atoms with Crippen LogP contribution in [-0.4, -0.2) is 15.0 Å². The van der Waals surface area contributed by atoms with E-state index in [4.69, 9.17) is 0 Å². The topological polar surface area (TPSA) is 38.7 Å². The SMILES string of the molecule is [c]1ccc2cc3cccnc3nc2n1. The first-order chi connectivity index (χ1) is 6.93. The van der Waals surface area contributed by atoms with Crippen molar-refractivity contribution in [1.82, 2.24) is 15.0 Å². The van der Waals surface area contributed by atoms with E-state index in [1.54, 1.807) is 12.3 Å². The Labute approximate surface area is 80.5 Å². The van der Waals surface area contributed by atoms with Gasteiger partial charge < -0.3 is 0 Å². The van der Waals surface area contributed by atoms with E-state index < -0.39 is 0 Å². The van der Waals surface area contributed by atoms with Crippen molar-refractivity contribution >= 4 is 22.1 Å². The molecule has 65 valence electrons. The first kappa shape index (κ1) is 7.38.